The van der Waals surface area contributed by atoms with Crippen molar-refractivity contribution >= 4 is 5.69 Å². The van der Waals surface area contributed by atoms with Crippen LogP contribution in [0, 0.1) is 15.9 Å². The van der Waals surface area contributed by atoms with Gasteiger partial charge in [-0.05, 0) is 24.5 Å². The van der Waals surface area contributed by atoms with Gasteiger partial charge >= 0.3 is 5.69 Å². The number of ether oxygens (including phenoxy) is 1. The van der Waals surface area contributed by atoms with Crippen LogP contribution in [0.15, 0.2) is 42.5 Å². The summed E-state index contributed by atoms with van der Waals surface area (Å²) < 4.78 is 19.7. The van der Waals surface area contributed by atoms with Crippen LogP contribution in [0.2, 0.25) is 0 Å². The van der Waals surface area contributed by atoms with Crippen LogP contribution >= 0.6 is 0 Å². The molecule has 0 aliphatic heterocycles. The zero-order valence-corrected chi connectivity index (χ0v) is 12.4. The van der Waals surface area contributed by atoms with Gasteiger partial charge in [0.25, 0.3) is 0 Å². The molecule has 116 valence electrons. The minimum Gasteiger partial charge on any atom is -0.482 e. The number of hydrogen-bond donors (Lipinski definition) is 0. The van der Waals surface area contributed by atoms with E-state index in [2.05, 4.69) is 0 Å². The van der Waals surface area contributed by atoms with Gasteiger partial charge in [-0.3, -0.25) is 10.1 Å². The molecule has 0 N–H and O–H groups in total. The Hall–Kier alpha value is -2.43. The molecular weight excluding hydrogens is 285 g/mol. The number of nitro benzene ring substituents is 1. The highest BCUT2D eigenvalue weighted by Crippen LogP contribution is 2.34. The van der Waals surface area contributed by atoms with Crippen LogP contribution in [-0.4, -0.2) is 4.92 Å². The molecule has 0 bridgehead atoms. The van der Waals surface area contributed by atoms with Gasteiger partial charge in [-0.25, -0.2) is 4.39 Å². The fourth-order valence-corrected chi connectivity index (χ4v) is 2.21. The van der Waals surface area contributed by atoms with Crippen LogP contribution in [0.25, 0.3) is 0 Å². The first-order valence-corrected chi connectivity index (χ1v) is 7.26. The summed E-state index contributed by atoms with van der Waals surface area (Å²) in [6.45, 7) is 2.16. The Morgan fingerprint density at radius 3 is 2.55 bits per heavy atom. The summed E-state index contributed by atoms with van der Waals surface area (Å²) in [4.78, 5) is 10.6. The van der Waals surface area contributed by atoms with Crippen molar-refractivity contribution in [3.63, 3.8) is 0 Å². The van der Waals surface area contributed by atoms with E-state index >= 15 is 0 Å². The predicted octanol–water partition coefficient (Wildman–Crippen LogP) is 4.66. The van der Waals surface area contributed by atoms with Gasteiger partial charge in [-0.2, -0.15) is 0 Å². The first-order chi connectivity index (χ1) is 10.6. The third kappa shape index (κ3) is 3.81. The van der Waals surface area contributed by atoms with Crippen molar-refractivity contribution in [1.29, 1.82) is 0 Å². The van der Waals surface area contributed by atoms with Crippen molar-refractivity contribution in [3.8, 4) is 5.75 Å². The quantitative estimate of drug-likeness (QED) is 0.552. The van der Waals surface area contributed by atoms with Crippen molar-refractivity contribution in [2.75, 3.05) is 0 Å². The van der Waals surface area contributed by atoms with E-state index in [1.54, 1.807) is 0 Å². The van der Waals surface area contributed by atoms with Crippen LogP contribution in [0.5, 0.6) is 5.75 Å². The molecule has 0 spiro atoms. The molecule has 0 aliphatic rings. The Morgan fingerprint density at radius 2 is 1.91 bits per heavy atom. The van der Waals surface area contributed by atoms with Gasteiger partial charge in [0, 0.05) is 11.6 Å². The smallest absolute Gasteiger partial charge is 0.311 e. The molecule has 0 saturated carbocycles. The summed E-state index contributed by atoms with van der Waals surface area (Å²) in [5.74, 6) is -0.413. The number of rotatable bonds is 7. The lowest BCUT2D eigenvalue weighted by Gasteiger charge is -2.12. The zero-order chi connectivity index (χ0) is 15.9. The zero-order valence-electron chi connectivity index (χ0n) is 12.4. The maximum absolute atomic E-state index is 14.0. The molecule has 0 atom stereocenters. The number of benzene rings is 2. The molecule has 0 aromatic heterocycles. The minimum absolute atomic E-state index is 0.0438. The number of nitrogens with zero attached hydrogens (tertiary/aromatic N) is 1. The van der Waals surface area contributed by atoms with Gasteiger partial charge in [-0.15, -0.1) is 0 Å². The molecule has 5 heteroatoms. The Labute approximate surface area is 128 Å². The summed E-state index contributed by atoms with van der Waals surface area (Å²) in [6.07, 6.45) is 2.05. The van der Waals surface area contributed by atoms with E-state index in [9.17, 15) is 14.5 Å². The summed E-state index contributed by atoms with van der Waals surface area (Å²) in [5, 5.41) is 11.2. The molecule has 0 radical (unpaired) electrons. The SMILES string of the molecule is CCCCc1c(F)ccc([N+](=O)[O-])c1OCc1ccccc1. The largest absolute Gasteiger partial charge is 0.482 e. The van der Waals surface area contributed by atoms with Crippen LogP contribution in [0.4, 0.5) is 10.1 Å². The number of nitro groups is 1. The third-order valence-electron chi connectivity index (χ3n) is 3.39. The molecule has 2 aromatic rings. The Morgan fingerprint density at radius 1 is 1.18 bits per heavy atom. The lowest BCUT2D eigenvalue weighted by atomic mass is 10.1. The van der Waals surface area contributed by atoms with Crippen LogP contribution in [0.1, 0.15) is 30.9 Å². The predicted molar refractivity (Wildman–Crippen MR) is 82.4 cm³/mol. The average Bonchev–Trinajstić information content (AvgIpc) is 2.52. The molecule has 0 fully saturated rings. The van der Waals surface area contributed by atoms with Crippen LogP contribution in [0.3, 0.4) is 0 Å². The van der Waals surface area contributed by atoms with Gasteiger partial charge in [-0.1, -0.05) is 43.7 Å². The van der Waals surface area contributed by atoms with Crippen molar-refractivity contribution in [2.24, 2.45) is 0 Å². The Kier molecular flexibility index (Phi) is 5.47. The van der Waals surface area contributed by atoms with E-state index in [0.29, 0.717) is 6.42 Å². The average molecular weight is 303 g/mol. The number of unbranched alkanes of at least 4 members (excludes halogenated alkanes) is 1. The van der Waals surface area contributed by atoms with Gasteiger partial charge in [0.05, 0.1) is 4.92 Å². The first-order valence-electron chi connectivity index (χ1n) is 7.26. The van der Waals surface area contributed by atoms with E-state index in [1.807, 2.05) is 37.3 Å². The molecule has 0 aliphatic carbocycles. The van der Waals surface area contributed by atoms with E-state index in [0.717, 1.165) is 30.5 Å². The molecule has 0 saturated heterocycles. The number of hydrogen-bond acceptors (Lipinski definition) is 3. The topological polar surface area (TPSA) is 52.4 Å². The minimum atomic E-state index is -0.533. The highest BCUT2D eigenvalue weighted by molar-refractivity contribution is 5.52. The molecule has 4 nitrogen and oxygen atoms in total. The van der Waals surface area contributed by atoms with Gasteiger partial charge in [0.2, 0.25) is 5.75 Å². The molecule has 2 rings (SSSR count). The Bertz CT molecular complexity index is 644. The van der Waals surface area contributed by atoms with E-state index in [1.165, 1.54) is 0 Å². The molecule has 0 unspecified atom stereocenters. The number of halogens is 1. The molecular formula is C17H18FNO3. The Balaban J connectivity index is 2.32. The van der Waals surface area contributed by atoms with E-state index < -0.39 is 10.7 Å². The van der Waals surface area contributed by atoms with Crippen molar-refractivity contribution in [1.82, 2.24) is 0 Å². The van der Waals surface area contributed by atoms with Crippen molar-refractivity contribution in [2.45, 2.75) is 32.8 Å². The van der Waals surface area contributed by atoms with Crippen molar-refractivity contribution in [3.05, 3.63) is 69.5 Å². The lowest BCUT2D eigenvalue weighted by Crippen LogP contribution is -2.04. The maximum Gasteiger partial charge on any atom is 0.311 e. The second kappa shape index (κ2) is 7.54. The highest BCUT2D eigenvalue weighted by Gasteiger charge is 2.22. The first kappa shape index (κ1) is 15.9. The fraction of sp³-hybridized carbons (Fsp3) is 0.294. The van der Waals surface area contributed by atoms with Crippen molar-refractivity contribution < 1.29 is 14.1 Å². The third-order valence-corrected chi connectivity index (χ3v) is 3.39. The molecule has 2 aromatic carbocycles. The summed E-state index contributed by atoms with van der Waals surface area (Å²) in [5.41, 5.74) is 0.970. The summed E-state index contributed by atoms with van der Waals surface area (Å²) >= 11 is 0. The normalized spacial score (nSPS) is 10.5. The fourth-order valence-electron chi connectivity index (χ4n) is 2.21. The molecule has 0 amide bonds. The molecule has 0 heterocycles. The summed E-state index contributed by atoms with van der Waals surface area (Å²) in [6, 6.07) is 11.6. The van der Waals surface area contributed by atoms with E-state index in [4.69, 9.17) is 4.74 Å². The maximum atomic E-state index is 14.0. The standard InChI is InChI=1S/C17H18FNO3/c1-2-3-9-14-15(18)10-11-16(19(20)21)17(14)22-12-13-7-5-4-6-8-13/h4-8,10-11H,2-3,9,12H2,1H3. The van der Waals surface area contributed by atoms with Crippen LogP contribution in [-0.2, 0) is 13.0 Å². The molecule has 22 heavy (non-hydrogen) atoms. The lowest BCUT2D eigenvalue weighted by molar-refractivity contribution is -0.386. The van der Waals surface area contributed by atoms with Gasteiger partial charge in [0.15, 0.2) is 0 Å². The second-order valence-corrected chi connectivity index (χ2v) is 5.01. The summed E-state index contributed by atoms with van der Waals surface area (Å²) in [7, 11) is 0. The van der Waals surface area contributed by atoms with Crippen LogP contribution < -0.4 is 4.74 Å². The highest BCUT2D eigenvalue weighted by atomic mass is 19.1. The van der Waals surface area contributed by atoms with Gasteiger partial charge < -0.3 is 4.74 Å². The second-order valence-electron chi connectivity index (χ2n) is 5.01. The van der Waals surface area contributed by atoms with E-state index in [-0.39, 0.29) is 23.6 Å². The van der Waals surface area contributed by atoms with Gasteiger partial charge in [0.1, 0.15) is 12.4 Å². The monoisotopic (exact) mass is 303 g/mol.